The predicted molar refractivity (Wildman–Crippen MR) is 104 cm³/mol. The van der Waals surface area contributed by atoms with E-state index in [1.54, 1.807) is 0 Å². The summed E-state index contributed by atoms with van der Waals surface area (Å²) in [6, 6.07) is 8.50. The van der Waals surface area contributed by atoms with Gasteiger partial charge in [-0.2, -0.15) is 0 Å². The first-order valence-corrected chi connectivity index (χ1v) is 9.23. The van der Waals surface area contributed by atoms with Crippen molar-refractivity contribution in [3.8, 4) is 0 Å². The van der Waals surface area contributed by atoms with Crippen LogP contribution in [0.2, 0.25) is 0 Å². The lowest BCUT2D eigenvalue weighted by Crippen LogP contribution is -2.34. The maximum Gasteiger partial charge on any atom is 0.0653 e. The summed E-state index contributed by atoms with van der Waals surface area (Å²) in [7, 11) is 4.15. The number of piperidine rings is 1. The van der Waals surface area contributed by atoms with E-state index in [1.165, 1.54) is 55.9 Å². The molecule has 0 aromatic heterocycles. The molecule has 3 heteroatoms. The summed E-state index contributed by atoms with van der Waals surface area (Å²) < 4.78 is 0. The van der Waals surface area contributed by atoms with E-state index in [-0.39, 0.29) is 0 Å². The first kappa shape index (κ1) is 17.1. The normalized spacial score (nSPS) is 22.4. The van der Waals surface area contributed by atoms with Crippen molar-refractivity contribution in [3.05, 3.63) is 36.0 Å². The SMILES string of the molecule is CN(C)c1cccc(N=C2C=C(N3CCCCC3)CC(C)(C)C2)c1. The van der Waals surface area contributed by atoms with Crippen LogP contribution in [0.1, 0.15) is 46.0 Å². The van der Waals surface area contributed by atoms with Crippen LogP contribution in [0.5, 0.6) is 0 Å². The van der Waals surface area contributed by atoms with Gasteiger partial charge in [0.1, 0.15) is 0 Å². The number of aliphatic imine (C=N–C) groups is 1. The molecule has 1 saturated heterocycles. The Balaban J connectivity index is 1.88. The van der Waals surface area contributed by atoms with Gasteiger partial charge in [-0.05, 0) is 61.8 Å². The van der Waals surface area contributed by atoms with Crippen molar-refractivity contribution < 1.29 is 0 Å². The highest BCUT2D eigenvalue weighted by atomic mass is 15.1. The molecule has 0 unspecified atom stereocenters. The van der Waals surface area contributed by atoms with Crippen LogP contribution in [-0.2, 0) is 0 Å². The molecule has 0 spiro atoms. The lowest BCUT2D eigenvalue weighted by molar-refractivity contribution is 0.241. The van der Waals surface area contributed by atoms with E-state index in [9.17, 15) is 0 Å². The first-order valence-electron chi connectivity index (χ1n) is 9.23. The van der Waals surface area contributed by atoms with Crippen LogP contribution in [0, 0.1) is 5.41 Å². The van der Waals surface area contributed by atoms with Crippen molar-refractivity contribution in [2.75, 3.05) is 32.1 Å². The van der Waals surface area contributed by atoms with Gasteiger partial charge in [-0.25, -0.2) is 0 Å². The van der Waals surface area contributed by atoms with Gasteiger partial charge in [-0.15, -0.1) is 0 Å². The first-order chi connectivity index (χ1) is 11.4. The summed E-state index contributed by atoms with van der Waals surface area (Å²) in [4.78, 5) is 9.71. The van der Waals surface area contributed by atoms with Crippen molar-refractivity contribution in [1.29, 1.82) is 0 Å². The van der Waals surface area contributed by atoms with Crippen molar-refractivity contribution in [2.45, 2.75) is 46.0 Å². The smallest absolute Gasteiger partial charge is 0.0653 e. The second-order valence-corrected chi connectivity index (χ2v) is 8.22. The molecule has 1 heterocycles. The minimum Gasteiger partial charge on any atom is -0.378 e. The molecular weight excluding hydrogens is 294 g/mol. The van der Waals surface area contributed by atoms with Crippen LogP contribution in [0.25, 0.3) is 0 Å². The quantitative estimate of drug-likeness (QED) is 0.777. The fourth-order valence-corrected chi connectivity index (χ4v) is 3.80. The number of nitrogens with zero attached hydrogens (tertiary/aromatic N) is 3. The van der Waals surface area contributed by atoms with Gasteiger partial charge in [-0.1, -0.05) is 19.9 Å². The van der Waals surface area contributed by atoms with Gasteiger partial charge in [0.05, 0.1) is 5.69 Å². The highest BCUT2D eigenvalue weighted by Gasteiger charge is 2.29. The number of allylic oxidation sites excluding steroid dienone is 2. The molecule has 1 fully saturated rings. The summed E-state index contributed by atoms with van der Waals surface area (Å²) >= 11 is 0. The van der Waals surface area contributed by atoms with Crippen molar-refractivity contribution in [3.63, 3.8) is 0 Å². The van der Waals surface area contributed by atoms with Crippen LogP contribution >= 0.6 is 0 Å². The maximum absolute atomic E-state index is 4.99. The maximum atomic E-state index is 4.99. The summed E-state index contributed by atoms with van der Waals surface area (Å²) in [6.45, 7) is 7.17. The Morgan fingerprint density at radius 2 is 1.79 bits per heavy atom. The number of hydrogen-bond donors (Lipinski definition) is 0. The molecule has 1 aromatic rings. The number of benzene rings is 1. The van der Waals surface area contributed by atoms with Gasteiger partial charge in [0.15, 0.2) is 0 Å². The van der Waals surface area contributed by atoms with Gasteiger partial charge < -0.3 is 9.80 Å². The molecule has 3 rings (SSSR count). The summed E-state index contributed by atoms with van der Waals surface area (Å²) in [6.07, 6.45) is 8.62. The van der Waals surface area contributed by atoms with E-state index < -0.39 is 0 Å². The van der Waals surface area contributed by atoms with Gasteiger partial charge in [0.25, 0.3) is 0 Å². The standard InChI is InChI=1S/C21H31N3/c1-21(2)15-18(14-20(16-21)24-11-6-5-7-12-24)22-17-9-8-10-19(13-17)23(3)4/h8-10,13-14H,5-7,11-12,15-16H2,1-4H3. The second kappa shape index (κ2) is 7.00. The lowest BCUT2D eigenvalue weighted by atomic mass is 9.78. The number of rotatable bonds is 3. The highest BCUT2D eigenvalue weighted by Crippen LogP contribution is 2.37. The molecule has 3 nitrogen and oxygen atoms in total. The Bertz CT molecular complexity index is 634. The Hall–Kier alpha value is -1.77. The van der Waals surface area contributed by atoms with Crippen LogP contribution in [-0.4, -0.2) is 37.8 Å². The van der Waals surface area contributed by atoms with Crippen molar-refractivity contribution >= 4 is 17.1 Å². The molecule has 0 bridgehead atoms. The average Bonchev–Trinajstić information content (AvgIpc) is 2.54. The Morgan fingerprint density at radius 3 is 2.50 bits per heavy atom. The van der Waals surface area contributed by atoms with E-state index >= 15 is 0 Å². The fraction of sp³-hybridized carbons (Fsp3) is 0.571. The van der Waals surface area contributed by atoms with Gasteiger partial charge in [-0.3, -0.25) is 4.99 Å². The van der Waals surface area contributed by atoms with Gasteiger partial charge in [0.2, 0.25) is 0 Å². The van der Waals surface area contributed by atoms with E-state index in [4.69, 9.17) is 4.99 Å². The second-order valence-electron chi connectivity index (χ2n) is 8.22. The molecule has 2 aliphatic rings. The molecule has 24 heavy (non-hydrogen) atoms. The van der Waals surface area contributed by atoms with Crippen molar-refractivity contribution in [1.82, 2.24) is 4.90 Å². The largest absolute Gasteiger partial charge is 0.378 e. The van der Waals surface area contributed by atoms with Crippen LogP contribution in [0.3, 0.4) is 0 Å². The topological polar surface area (TPSA) is 18.8 Å². The monoisotopic (exact) mass is 325 g/mol. The molecule has 0 amide bonds. The highest BCUT2D eigenvalue weighted by molar-refractivity contribution is 5.98. The molecule has 0 atom stereocenters. The molecule has 1 aliphatic heterocycles. The third-order valence-corrected chi connectivity index (χ3v) is 5.03. The third kappa shape index (κ3) is 4.19. The Morgan fingerprint density at radius 1 is 1.04 bits per heavy atom. The van der Waals surface area contributed by atoms with E-state index in [2.05, 4.69) is 68.1 Å². The number of hydrogen-bond acceptors (Lipinski definition) is 3. The molecule has 1 aliphatic carbocycles. The fourth-order valence-electron chi connectivity index (χ4n) is 3.80. The van der Waals surface area contributed by atoms with Crippen LogP contribution < -0.4 is 4.90 Å². The van der Waals surface area contributed by atoms with E-state index in [1.807, 2.05) is 0 Å². The third-order valence-electron chi connectivity index (χ3n) is 5.03. The molecule has 0 radical (unpaired) electrons. The molecular formula is C21H31N3. The summed E-state index contributed by atoms with van der Waals surface area (Å²) in [5, 5.41) is 0. The average molecular weight is 326 g/mol. The van der Waals surface area contributed by atoms with Gasteiger partial charge >= 0.3 is 0 Å². The molecule has 0 saturated carbocycles. The zero-order valence-electron chi connectivity index (χ0n) is 15.7. The lowest BCUT2D eigenvalue weighted by Gasteiger charge is -2.38. The molecule has 0 N–H and O–H groups in total. The molecule has 130 valence electrons. The Kier molecular flexibility index (Phi) is 4.98. The van der Waals surface area contributed by atoms with E-state index in [0.717, 1.165) is 12.1 Å². The van der Waals surface area contributed by atoms with Crippen molar-refractivity contribution in [2.24, 2.45) is 10.4 Å². The number of anilines is 1. The minimum atomic E-state index is 0.291. The minimum absolute atomic E-state index is 0.291. The predicted octanol–water partition coefficient (Wildman–Crippen LogP) is 5.01. The summed E-state index contributed by atoms with van der Waals surface area (Å²) in [5.41, 5.74) is 5.27. The van der Waals surface area contributed by atoms with Crippen LogP contribution in [0.15, 0.2) is 41.0 Å². The van der Waals surface area contributed by atoms with Gasteiger partial charge in [0, 0.05) is 44.3 Å². The zero-order valence-corrected chi connectivity index (χ0v) is 15.7. The van der Waals surface area contributed by atoms with Crippen LogP contribution in [0.4, 0.5) is 11.4 Å². The Labute approximate surface area is 147 Å². The summed E-state index contributed by atoms with van der Waals surface area (Å²) in [5.74, 6) is 0. The number of likely N-dealkylation sites (tertiary alicyclic amines) is 1. The zero-order chi connectivity index (χ0) is 17.2. The molecule has 1 aromatic carbocycles. The van der Waals surface area contributed by atoms with E-state index in [0.29, 0.717) is 5.41 Å².